The molecule has 10 heteroatoms. The van der Waals surface area contributed by atoms with Gasteiger partial charge in [-0.05, 0) is 42.3 Å². The molecule has 3 aromatic heterocycles. The summed E-state index contributed by atoms with van der Waals surface area (Å²) < 4.78 is 42.6. The minimum atomic E-state index is -4.47. The minimum absolute atomic E-state index is 0.137. The Morgan fingerprint density at radius 1 is 1.19 bits per heavy atom. The number of rotatable bonds is 3. The molecule has 1 fully saturated rings. The summed E-state index contributed by atoms with van der Waals surface area (Å²) in [6.07, 6.45) is 2.67. The van der Waals surface area contributed by atoms with E-state index in [1.807, 2.05) is 29.6 Å². The van der Waals surface area contributed by atoms with Crippen molar-refractivity contribution in [3.05, 3.63) is 64.2 Å². The number of piperidine rings is 1. The number of halogens is 3. The van der Waals surface area contributed by atoms with E-state index >= 15 is 0 Å². The second kappa shape index (κ2) is 8.23. The molecule has 0 unspecified atom stereocenters. The highest BCUT2D eigenvalue weighted by Crippen LogP contribution is 2.45. The van der Waals surface area contributed by atoms with E-state index in [2.05, 4.69) is 15.4 Å². The lowest BCUT2D eigenvalue weighted by Gasteiger charge is -2.37. The molecular formula is C22H22F3N5OS. The fraction of sp³-hybridized carbons (Fsp3) is 0.409. The number of pyridine rings is 1. The minimum Gasteiger partial charge on any atom is -0.362 e. The molecule has 6 nitrogen and oxygen atoms in total. The van der Waals surface area contributed by atoms with Crippen LogP contribution in [0, 0.1) is 0 Å². The standard InChI is InChI=1S/C22H22F3N5OS/c23-22(24,25)19-11-16(18-7-4-10-32-18)28-20-15(13-27-30(19)20)21(31)29-9-2-1-6-17(29)14-5-3-8-26-12-14/h3-5,7-8,10,12-13,16-17,19,28H,1-2,6,9,11H2/t16-,17-,19+/m1/s1. The molecule has 2 aliphatic rings. The lowest BCUT2D eigenvalue weighted by atomic mass is 9.95. The lowest BCUT2D eigenvalue weighted by molar-refractivity contribution is -0.173. The van der Waals surface area contributed by atoms with Crippen molar-refractivity contribution in [2.24, 2.45) is 0 Å². The number of nitrogens with zero attached hydrogens (tertiary/aromatic N) is 4. The van der Waals surface area contributed by atoms with Crippen molar-refractivity contribution in [2.75, 3.05) is 11.9 Å². The molecule has 1 amide bonds. The van der Waals surface area contributed by atoms with E-state index in [0.29, 0.717) is 6.54 Å². The van der Waals surface area contributed by atoms with Crippen LogP contribution in [-0.4, -0.2) is 38.3 Å². The molecule has 0 spiro atoms. The number of fused-ring (bicyclic) bond motifs is 1. The van der Waals surface area contributed by atoms with Gasteiger partial charge in [-0.3, -0.25) is 9.78 Å². The normalized spacial score (nSPS) is 23.5. The zero-order valence-electron chi connectivity index (χ0n) is 17.1. The topological polar surface area (TPSA) is 63.1 Å². The summed E-state index contributed by atoms with van der Waals surface area (Å²) in [5.74, 6) is -0.169. The first-order valence-electron chi connectivity index (χ1n) is 10.6. The molecule has 32 heavy (non-hydrogen) atoms. The molecule has 3 aromatic rings. The molecule has 0 bridgehead atoms. The first-order chi connectivity index (χ1) is 15.4. The largest absolute Gasteiger partial charge is 0.410 e. The van der Waals surface area contributed by atoms with Crippen LogP contribution < -0.4 is 5.32 Å². The molecular weight excluding hydrogens is 439 g/mol. The van der Waals surface area contributed by atoms with Gasteiger partial charge in [-0.25, -0.2) is 4.68 Å². The first kappa shape index (κ1) is 21.0. The van der Waals surface area contributed by atoms with Gasteiger partial charge >= 0.3 is 6.18 Å². The number of nitrogens with one attached hydrogen (secondary N) is 1. The molecule has 5 heterocycles. The maximum absolute atomic E-state index is 13.9. The van der Waals surface area contributed by atoms with Crippen LogP contribution in [0.25, 0.3) is 0 Å². The van der Waals surface area contributed by atoms with Gasteiger partial charge in [-0.2, -0.15) is 18.3 Å². The third-order valence-electron chi connectivity index (χ3n) is 6.19. The number of hydrogen-bond acceptors (Lipinski definition) is 5. The molecule has 0 aliphatic carbocycles. The van der Waals surface area contributed by atoms with E-state index in [-0.39, 0.29) is 29.8 Å². The smallest absolute Gasteiger partial charge is 0.362 e. The van der Waals surface area contributed by atoms with Crippen molar-refractivity contribution < 1.29 is 18.0 Å². The zero-order chi connectivity index (χ0) is 22.3. The van der Waals surface area contributed by atoms with Crippen LogP contribution in [0.3, 0.4) is 0 Å². The Hall–Kier alpha value is -2.88. The number of hydrogen-bond donors (Lipinski definition) is 1. The van der Waals surface area contributed by atoms with E-state index in [9.17, 15) is 18.0 Å². The van der Waals surface area contributed by atoms with Crippen molar-refractivity contribution >= 4 is 23.1 Å². The summed E-state index contributed by atoms with van der Waals surface area (Å²) in [6.45, 7) is 0.542. The molecule has 1 saturated heterocycles. The second-order valence-corrected chi connectivity index (χ2v) is 9.13. The van der Waals surface area contributed by atoms with E-state index in [0.717, 1.165) is 34.4 Å². The van der Waals surface area contributed by atoms with Crippen LogP contribution in [0.4, 0.5) is 19.0 Å². The average Bonchev–Trinajstić information content (AvgIpc) is 3.48. The first-order valence-corrected chi connectivity index (χ1v) is 11.5. The third-order valence-corrected chi connectivity index (χ3v) is 7.17. The Labute approximate surface area is 187 Å². The Morgan fingerprint density at radius 2 is 2.06 bits per heavy atom. The molecule has 2 aliphatic heterocycles. The number of carbonyl (C=O) groups is 1. The van der Waals surface area contributed by atoms with Gasteiger partial charge in [0.15, 0.2) is 6.04 Å². The number of carbonyl (C=O) groups excluding carboxylic acids is 1. The highest BCUT2D eigenvalue weighted by atomic mass is 32.1. The molecule has 1 N–H and O–H groups in total. The Bertz CT molecular complexity index is 1080. The van der Waals surface area contributed by atoms with Crippen molar-refractivity contribution in [1.29, 1.82) is 0 Å². The van der Waals surface area contributed by atoms with E-state index in [1.165, 1.54) is 17.5 Å². The number of thiophene rings is 1. The van der Waals surface area contributed by atoms with Crippen molar-refractivity contribution in [3.8, 4) is 0 Å². The van der Waals surface area contributed by atoms with Crippen molar-refractivity contribution in [1.82, 2.24) is 19.7 Å². The highest BCUT2D eigenvalue weighted by Gasteiger charge is 2.48. The highest BCUT2D eigenvalue weighted by molar-refractivity contribution is 7.10. The van der Waals surface area contributed by atoms with Gasteiger partial charge in [0.05, 0.1) is 18.3 Å². The van der Waals surface area contributed by atoms with Crippen molar-refractivity contribution in [3.63, 3.8) is 0 Å². The SMILES string of the molecule is O=C(c1cnn2c1N[C@@H](c1cccs1)C[C@H]2C(F)(F)F)N1CCCC[C@@H]1c1cccnc1. The van der Waals surface area contributed by atoms with Crippen LogP contribution in [-0.2, 0) is 0 Å². The summed E-state index contributed by atoms with van der Waals surface area (Å²) in [4.78, 5) is 20.3. The monoisotopic (exact) mass is 461 g/mol. The average molecular weight is 462 g/mol. The quantitative estimate of drug-likeness (QED) is 0.570. The van der Waals surface area contributed by atoms with Crippen LogP contribution in [0.1, 0.15) is 64.6 Å². The van der Waals surface area contributed by atoms with E-state index in [4.69, 9.17) is 0 Å². The zero-order valence-corrected chi connectivity index (χ0v) is 17.9. The molecule has 0 aromatic carbocycles. The number of anilines is 1. The van der Waals surface area contributed by atoms with Gasteiger partial charge in [0.1, 0.15) is 11.4 Å². The fourth-order valence-electron chi connectivity index (χ4n) is 4.64. The van der Waals surface area contributed by atoms with Gasteiger partial charge < -0.3 is 10.2 Å². The Morgan fingerprint density at radius 3 is 2.78 bits per heavy atom. The van der Waals surface area contributed by atoms with Crippen molar-refractivity contribution in [2.45, 2.75) is 50.0 Å². The van der Waals surface area contributed by atoms with E-state index < -0.39 is 18.3 Å². The lowest BCUT2D eigenvalue weighted by Crippen LogP contribution is -2.40. The maximum atomic E-state index is 13.9. The second-order valence-electron chi connectivity index (χ2n) is 8.15. The Balaban J connectivity index is 1.51. The van der Waals surface area contributed by atoms with Gasteiger partial charge in [0.2, 0.25) is 0 Å². The predicted molar refractivity (Wildman–Crippen MR) is 114 cm³/mol. The molecule has 5 rings (SSSR count). The van der Waals surface area contributed by atoms with Gasteiger partial charge in [-0.1, -0.05) is 12.1 Å². The van der Waals surface area contributed by atoms with Crippen LogP contribution >= 0.6 is 11.3 Å². The molecule has 3 atom stereocenters. The summed E-state index contributed by atoms with van der Waals surface area (Å²) >= 11 is 1.40. The fourth-order valence-corrected chi connectivity index (χ4v) is 5.43. The van der Waals surface area contributed by atoms with Crippen LogP contribution in [0.5, 0.6) is 0 Å². The van der Waals surface area contributed by atoms with Crippen LogP contribution in [0.2, 0.25) is 0 Å². The molecule has 168 valence electrons. The molecule has 0 saturated carbocycles. The third kappa shape index (κ3) is 3.76. The predicted octanol–water partition coefficient (Wildman–Crippen LogP) is 5.37. The Kier molecular flexibility index (Phi) is 5.40. The number of aromatic nitrogens is 3. The van der Waals surface area contributed by atoms with Crippen LogP contribution in [0.15, 0.2) is 48.2 Å². The summed E-state index contributed by atoms with van der Waals surface area (Å²) in [7, 11) is 0. The summed E-state index contributed by atoms with van der Waals surface area (Å²) in [6, 6.07) is 4.91. The summed E-state index contributed by atoms with van der Waals surface area (Å²) in [5.41, 5.74) is 1.11. The number of likely N-dealkylation sites (tertiary alicyclic amines) is 1. The van der Waals surface area contributed by atoms with Gasteiger partial charge in [0.25, 0.3) is 5.91 Å². The van der Waals surface area contributed by atoms with Gasteiger partial charge in [0, 0.05) is 30.2 Å². The van der Waals surface area contributed by atoms with Gasteiger partial charge in [-0.15, -0.1) is 11.3 Å². The summed E-state index contributed by atoms with van der Waals surface area (Å²) in [5, 5.41) is 9.02. The maximum Gasteiger partial charge on any atom is 0.410 e. The number of amides is 1. The molecule has 0 radical (unpaired) electrons. The number of alkyl halides is 3. The van der Waals surface area contributed by atoms with E-state index in [1.54, 1.807) is 17.3 Å².